The lowest BCUT2D eigenvalue weighted by Crippen LogP contribution is -2.46. The van der Waals surface area contributed by atoms with E-state index < -0.39 is 0 Å². The molecule has 5 N–H and O–H groups in total. The van der Waals surface area contributed by atoms with Crippen molar-refractivity contribution in [2.45, 2.75) is 18.9 Å². The summed E-state index contributed by atoms with van der Waals surface area (Å²) in [5, 5.41) is 21.8. The zero-order chi connectivity index (χ0) is 15.4. The summed E-state index contributed by atoms with van der Waals surface area (Å²) < 4.78 is 0. The van der Waals surface area contributed by atoms with Crippen LogP contribution in [0.4, 0.5) is 0 Å². The summed E-state index contributed by atoms with van der Waals surface area (Å²) in [5.74, 6) is -0.631. The molecule has 1 aromatic carbocycles. The van der Waals surface area contributed by atoms with Gasteiger partial charge < -0.3 is 21.3 Å². The number of thiocarbonyl (C=S) groups is 1. The third-order valence-corrected chi connectivity index (χ3v) is 3.66. The number of nitrogens with zero attached hydrogens (tertiary/aromatic N) is 1. The molecule has 0 saturated carbocycles. The van der Waals surface area contributed by atoms with Crippen LogP contribution in [0.5, 0.6) is 11.5 Å². The van der Waals surface area contributed by atoms with E-state index in [4.69, 9.17) is 18.0 Å². The Labute approximate surface area is 128 Å². The minimum Gasteiger partial charge on any atom is -0.508 e. The Bertz CT molecular complexity index is 542. The molecule has 1 heterocycles. The number of carbonyl (C=O) groups excluding carboxylic acids is 1. The first-order valence-corrected chi connectivity index (χ1v) is 7.20. The number of carbonyl (C=O) groups is 1. The van der Waals surface area contributed by atoms with Crippen molar-refractivity contribution >= 4 is 23.1 Å². The molecule has 0 aliphatic carbocycles. The van der Waals surface area contributed by atoms with E-state index in [0.29, 0.717) is 11.5 Å². The van der Waals surface area contributed by atoms with Crippen LogP contribution in [-0.2, 0) is 0 Å². The maximum absolute atomic E-state index is 12.1. The van der Waals surface area contributed by atoms with Gasteiger partial charge in [0, 0.05) is 31.7 Å². The Hall–Kier alpha value is -1.86. The van der Waals surface area contributed by atoms with Crippen LogP contribution in [0.3, 0.4) is 0 Å². The van der Waals surface area contributed by atoms with Crippen molar-refractivity contribution in [3.63, 3.8) is 0 Å². The van der Waals surface area contributed by atoms with Gasteiger partial charge in [0.1, 0.15) is 11.5 Å². The zero-order valence-corrected chi connectivity index (χ0v) is 12.4. The molecule has 1 fully saturated rings. The van der Waals surface area contributed by atoms with Crippen molar-refractivity contribution in [3.8, 4) is 11.5 Å². The van der Waals surface area contributed by atoms with Gasteiger partial charge in [-0.1, -0.05) is 12.2 Å². The minimum absolute atomic E-state index is 0.0632. The summed E-state index contributed by atoms with van der Waals surface area (Å²) in [6, 6.07) is 3.99. The highest BCUT2D eigenvalue weighted by atomic mass is 32.1. The maximum Gasteiger partial charge on any atom is 0.255 e. The number of amides is 1. The van der Waals surface area contributed by atoms with Crippen molar-refractivity contribution in [3.05, 3.63) is 23.8 Å². The van der Waals surface area contributed by atoms with E-state index in [2.05, 4.69) is 10.2 Å². The van der Waals surface area contributed by atoms with Crippen molar-refractivity contribution < 1.29 is 15.0 Å². The van der Waals surface area contributed by atoms with E-state index in [0.717, 1.165) is 32.0 Å². The largest absolute Gasteiger partial charge is 0.508 e. The molecule has 0 spiro atoms. The van der Waals surface area contributed by atoms with Crippen LogP contribution in [0.1, 0.15) is 23.2 Å². The molecule has 21 heavy (non-hydrogen) atoms. The Morgan fingerprint density at radius 1 is 1.38 bits per heavy atom. The van der Waals surface area contributed by atoms with Crippen LogP contribution in [0.2, 0.25) is 0 Å². The number of hydrogen-bond donors (Lipinski definition) is 4. The molecule has 0 bridgehead atoms. The number of benzene rings is 1. The SMILES string of the molecule is NC(=S)CN1CCC(NC(=O)c2ccc(O)cc2O)CC1. The van der Waals surface area contributed by atoms with Gasteiger partial charge in [-0.25, -0.2) is 0 Å². The van der Waals surface area contributed by atoms with E-state index in [9.17, 15) is 15.0 Å². The zero-order valence-electron chi connectivity index (χ0n) is 11.6. The summed E-state index contributed by atoms with van der Waals surface area (Å²) in [6.07, 6.45) is 1.63. The number of hydrogen-bond acceptors (Lipinski definition) is 5. The van der Waals surface area contributed by atoms with Crippen LogP contribution in [0, 0.1) is 0 Å². The quantitative estimate of drug-likeness (QED) is 0.607. The van der Waals surface area contributed by atoms with Crippen molar-refractivity contribution in [1.29, 1.82) is 0 Å². The number of aromatic hydroxyl groups is 2. The van der Waals surface area contributed by atoms with Crippen LogP contribution in [0.25, 0.3) is 0 Å². The smallest absolute Gasteiger partial charge is 0.255 e. The number of nitrogens with two attached hydrogens (primary N) is 1. The monoisotopic (exact) mass is 309 g/mol. The van der Waals surface area contributed by atoms with Crippen LogP contribution < -0.4 is 11.1 Å². The topological polar surface area (TPSA) is 98.8 Å². The first-order chi connectivity index (χ1) is 9.95. The summed E-state index contributed by atoms with van der Waals surface area (Å²) in [7, 11) is 0. The molecule has 0 radical (unpaired) electrons. The predicted molar refractivity (Wildman–Crippen MR) is 83.5 cm³/mol. The van der Waals surface area contributed by atoms with Gasteiger partial charge in [-0.15, -0.1) is 0 Å². The number of likely N-dealkylation sites (tertiary alicyclic amines) is 1. The van der Waals surface area contributed by atoms with Crippen LogP contribution in [0.15, 0.2) is 18.2 Å². The van der Waals surface area contributed by atoms with E-state index >= 15 is 0 Å². The molecule has 2 rings (SSSR count). The minimum atomic E-state index is -0.333. The maximum atomic E-state index is 12.1. The summed E-state index contributed by atoms with van der Waals surface area (Å²) >= 11 is 4.88. The summed E-state index contributed by atoms with van der Waals surface area (Å²) in [4.78, 5) is 14.7. The lowest BCUT2D eigenvalue weighted by atomic mass is 10.0. The molecule has 1 amide bonds. The highest BCUT2D eigenvalue weighted by molar-refractivity contribution is 7.80. The molecule has 1 saturated heterocycles. The van der Waals surface area contributed by atoms with Gasteiger partial charge in [0.15, 0.2) is 0 Å². The number of nitrogens with one attached hydrogen (secondary N) is 1. The van der Waals surface area contributed by atoms with E-state index in [1.807, 2.05) is 0 Å². The molecule has 7 heteroatoms. The lowest BCUT2D eigenvalue weighted by Gasteiger charge is -2.32. The Morgan fingerprint density at radius 2 is 2.05 bits per heavy atom. The van der Waals surface area contributed by atoms with Gasteiger partial charge in [-0.05, 0) is 25.0 Å². The number of phenolic OH excluding ortho intramolecular Hbond substituents is 2. The molecule has 1 aromatic rings. The Morgan fingerprint density at radius 3 is 2.62 bits per heavy atom. The molecular weight excluding hydrogens is 290 g/mol. The van der Waals surface area contributed by atoms with Gasteiger partial charge in [-0.2, -0.15) is 0 Å². The average Bonchev–Trinajstić information content (AvgIpc) is 2.40. The van der Waals surface area contributed by atoms with Gasteiger partial charge in [0.25, 0.3) is 5.91 Å². The molecule has 6 nitrogen and oxygen atoms in total. The normalized spacial score (nSPS) is 16.6. The van der Waals surface area contributed by atoms with Crippen LogP contribution >= 0.6 is 12.2 Å². The Kier molecular flexibility index (Phi) is 4.98. The first kappa shape index (κ1) is 15.5. The number of rotatable bonds is 4. The second kappa shape index (κ2) is 6.73. The average molecular weight is 309 g/mol. The molecule has 0 aromatic heterocycles. The molecule has 0 atom stereocenters. The van der Waals surface area contributed by atoms with Crippen LogP contribution in [-0.4, -0.2) is 51.7 Å². The van der Waals surface area contributed by atoms with E-state index in [1.165, 1.54) is 12.1 Å². The van der Waals surface area contributed by atoms with Gasteiger partial charge in [0.2, 0.25) is 0 Å². The fourth-order valence-corrected chi connectivity index (χ4v) is 2.61. The molecule has 0 unspecified atom stereocenters. The molecule has 1 aliphatic heterocycles. The standard InChI is InChI=1S/C14H19N3O3S/c15-13(21)8-17-5-3-9(4-6-17)16-14(20)11-2-1-10(18)7-12(11)19/h1-2,7,9,18-19H,3-6,8H2,(H2,15,21)(H,16,20). The molecule has 1 aliphatic rings. The molecular formula is C14H19N3O3S. The highest BCUT2D eigenvalue weighted by Gasteiger charge is 2.22. The second-order valence-corrected chi connectivity index (χ2v) is 5.72. The third-order valence-electron chi connectivity index (χ3n) is 3.53. The first-order valence-electron chi connectivity index (χ1n) is 6.79. The van der Waals surface area contributed by atoms with Gasteiger partial charge in [-0.3, -0.25) is 9.69 Å². The summed E-state index contributed by atoms with van der Waals surface area (Å²) in [6.45, 7) is 2.25. The van der Waals surface area contributed by atoms with Crippen molar-refractivity contribution in [2.75, 3.05) is 19.6 Å². The highest BCUT2D eigenvalue weighted by Crippen LogP contribution is 2.22. The Balaban J connectivity index is 1.88. The van der Waals surface area contributed by atoms with Gasteiger partial charge in [0.05, 0.1) is 10.6 Å². The van der Waals surface area contributed by atoms with Gasteiger partial charge >= 0.3 is 0 Å². The number of piperidine rings is 1. The van der Waals surface area contributed by atoms with Crippen molar-refractivity contribution in [1.82, 2.24) is 10.2 Å². The number of phenols is 2. The van der Waals surface area contributed by atoms with Crippen molar-refractivity contribution in [2.24, 2.45) is 5.73 Å². The van der Waals surface area contributed by atoms with E-state index in [-0.39, 0.29) is 29.0 Å². The predicted octanol–water partition coefficient (Wildman–Crippen LogP) is 0.578. The third kappa shape index (κ3) is 4.30. The fraction of sp³-hybridized carbons (Fsp3) is 0.429. The fourth-order valence-electron chi connectivity index (χ4n) is 2.43. The van der Waals surface area contributed by atoms with E-state index in [1.54, 1.807) is 0 Å². The lowest BCUT2D eigenvalue weighted by molar-refractivity contribution is 0.0912. The molecule has 114 valence electrons. The summed E-state index contributed by atoms with van der Waals surface area (Å²) in [5.41, 5.74) is 5.68. The second-order valence-electron chi connectivity index (χ2n) is 5.19.